The summed E-state index contributed by atoms with van der Waals surface area (Å²) >= 11 is 0. The molecule has 0 bridgehead atoms. The Labute approximate surface area is 165 Å². The average molecular weight is 378 g/mol. The number of nitrogens with zero attached hydrogens (tertiary/aromatic N) is 3. The largest absolute Gasteiger partial charge is 0.342 e. The van der Waals surface area contributed by atoms with Crippen molar-refractivity contribution < 1.29 is 18.6 Å². The van der Waals surface area contributed by atoms with Gasteiger partial charge in [0.25, 0.3) is 0 Å². The molecule has 2 aliphatic rings. The molecule has 0 atom stereocenters. The Morgan fingerprint density at radius 2 is 1.33 bits per heavy atom. The summed E-state index contributed by atoms with van der Waals surface area (Å²) in [5, 5.41) is 0. The van der Waals surface area contributed by atoms with E-state index in [-0.39, 0.29) is 24.1 Å². The van der Waals surface area contributed by atoms with Crippen molar-refractivity contribution in [3.8, 4) is 0 Å². The van der Waals surface area contributed by atoms with E-state index < -0.39 is 0 Å². The molecule has 0 saturated carbocycles. The fraction of sp³-hybridized carbons (Fsp3) is 0.950. The molecule has 0 aromatic heterocycles. The van der Waals surface area contributed by atoms with Crippen LogP contribution in [0.5, 0.6) is 0 Å². The quantitative estimate of drug-likeness (QED) is 0.685. The molecule has 0 amide bonds. The zero-order valence-electron chi connectivity index (χ0n) is 17.6. The van der Waals surface area contributed by atoms with Gasteiger partial charge in [-0.15, -0.1) is 0 Å². The maximum atomic E-state index is 4.03. The maximum Gasteiger partial charge on any atom is 0.0114 e. The van der Waals surface area contributed by atoms with Crippen LogP contribution in [-0.2, 0) is 18.6 Å². The first kappa shape index (κ1) is 26.7. The predicted molar refractivity (Wildman–Crippen MR) is 105 cm³/mol. The fourth-order valence-corrected chi connectivity index (χ4v) is 3.05. The monoisotopic (exact) mass is 377 g/mol. The van der Waals surface area contributed by atoms with Gasteiger partial charge < -0.3 is 11.8 Å². The molecule has 1 radical (unpaired) electrons. The Bertz CT molecular complexity index is 268. The molecule has 24 heavy (non-hydrogen) atoms. The summed E-state index contributed by atoms with van der Waals surface area (Å²) in [6.45, 7) is 24.6. The van der Waals surface area contributed by atoms with Gasteiger partial charge >= 0.3 is 0 Å². The molecule has 3 nitrogen and oxygen atoms in total. The summed E-state index contributed by atoms with van der Waals surface area (Å²) in [6.07, 6.45) is 5.27. The third-order valence-electron chi connectivity index (χ3n) is 5.09. The molecular formula is C20H44N3V-. The molecule has 0 aromatic rings. The summed E-state index contributed by atoms with van der Waals surface area (Å²) in [5.41, 5.74) is 0.281. The van der Waals surface area contributed by atoms with Crippen LogP contribution >= 0.6 is 0 Å². The standard InChI is InChI=1S/C12H25N2.C6H13N.C2H6.V/c1-6-12(4,5)14-9-7-13(8-10-14)11(2)3;1-7-5-3-2-4-6-7;1-2;/h11H,1,6-10H2,2-5H3;2-6H2,1H3;1-2H3;/q-1;;;. The third-order valence-corrected chi connectivity index (χ3v) is 5.09. The fourth-order valence-electron chi connectivity index (χ4n) is 3.05. The van der Waals surface area contributed by atoms with Crippen molar-refractivity contribution in [2.45, 2.75) is 78.8 Å². The third kappa shape index (κ3) is 10.5. The number of piperazine rings is 1. The van der Waals surface area contributed by atoms with Crippen molar-refractivity contribution in [2.24, 2.45) is 0 Å². The van der Waals surface area contributed by atoms with Gasteiger partial charge in [-0.1, -0.05) is 20.3 Å². The summed E-state index contributed by atoms with van der Waals surface area (Å²) in [4.78, 5) is 7.51. The SMILES string of the molecule is CC.CN1CCCCC1.[CH2-]CC(C)(C)N1CCN(C(C)C)CC1.[V]. The summed E-state index contributed by atoms with van der Waals surface area (Å²) in [6, 6.07) is 0.694. The van der Waals surface area contributed by atoms with E-state index in [9.17, 15) is 0 Å². The average Bonchev–Trinajstić information content (AvgIpc) is 2.58. The van der Waals surface area contributed by atoms with Crippen LogP contribution in [0.25, 0.3) is 0 Å². The van der Waals surface area contributed by atoms with Crippen LogP contribution in [0.4, 0.5) is 0 Å². The summed E-state index contributed by atoms with van der Waals surface area (Å²) in [5.74, 6) is 0. The molecule has 2 aliphatic heterocycles. The Morgan fingerprint density at radius 1 is 0.875 bits per heavy atom. The van der Waals surface area contributed by atoms with Gasteiger partial charge in [-0.25, -0.2) is 0 Å². The van der Waals surface area contributed by atoms with Crippen molar-refractivity contribution in [3.63, 3.8) is 0 Å². The Morgan fingerprint density at radius 3 is 1.62 bits per heavy atom. The molecule has 2 heterocycles. The van der Waals surface area contributed by atoms with Crippen LogP contribution in [0.3, 0.4) is 0 Å². The van der Waals surface area contributed by atoms with Gasteiger partial charge in [0.1, 0.15) is 0 Å². The van der Waals surface area contributed by atoms with E-state index in [0.29, 0.717) is 6.04 Å². The zero-order valence-corrected chi connectivity index (χ0v) is 19.0. The van der Waals surface area contributed by atoms with E-state index >= 15 is 0 Å². The van der Waals surface area contributed by atoms with Crippen molar-refractivity contribution >= 4 is 0 Å². The van der Waals surface area contributed by atoms with Gasteiger partial charge in [-0.05, 0) is 66.2 Å². The molecular weight excluding hydrogens is 333 g/mol. The predicted octanol–water partition coefficient (Wildman–Crippen LogP) is 4.14. The van der Waals surface area contributed by atoms with E-state index in [1.807, 2.05) is 13.8 Å². The zero-order chi connectivity index (χ0) is 17.9. The molecule has 0 aromatic carbocycles. The number of likely N-dealkylation sites (tertiary alicyclic amines) is 1. The number of hydrogen-bond donors (Lipinski definition) is 0. The molecule has 2 fully saturated rings. The molecule has 0 aliphatic carbocycles. The van der Waals surface area contributed by atoms with E-state index in [0.717, 1.165) is 6.42 Å². The van der Waals surface area contributed by atoms with E-state index in [4.69, 9.17) is 0 Å². The van der Waals surface area contributed by atoms with Crippen molar-refractivity contribution in [2.75, 3.05) is 46.3 Å². The van der Waals surface area contributed by atoms with Crippen LogP contribution in [0.15, 0.2) is 0 Å². The van der Waals surface area contributed by atoms with Gasteiger partial charge in [0.15, 0.2) is 0 Å². The first-order valence-electron chi connectivity index (χ1n) is 9.83. The van der Waals surface area contributed by atoms with Crippen LogP contribution < -0.4 is 0 Å². The number of rotatable bonds is 3. The first-order valence-corrected chi connectivity index (χ1v) is 9.83. The number of hydrogen-bond acceptors (Lipinski definition) is 3. The molecule has 2 saturated heterocycles. The smallest absolute Gasteiger partial charge is 0.0114 e. The second-order valence-electron chi connectivity index (χ2n) is 7.54. The Hall–Kier alpha value is 0.464. The van der Waals surface area contributed by atoms with Crippen LogP contribution in [0.2, 0.25) is 0 Å². The second kappa shape index (κ2) is 14.6. The van der Waals surface area contributed by atoms with Gasteiger partial charge in [0.05, 0.1) is 0 Å². The van der Waals surface area contributed by atoms with Crippen LogP contribution in [0.1, 0.15) is 67.2 Å². The topological polar surface area (TPSA) is 9.72 Å². The van der Waals surface area contributed by atoms with E-state index in [1.165, 1.54) is 58.5 Å². The molecule has 145 valence electrons. The van der Waals surface area contributed by atoms with Gasteiger partial charge in [0.2, 0.25) is 0 Å². The van der Waals surface area contributed by atoms with Gasteiger partial charge in [0, 0.05) is 50.8 Å². The summed E-state index contributed by atoms with van der Waals surface area (Å²) < 4.78 is 0. The van der Waals surface area contributed by atoms with Crippen molar-refractivity contribution in [1.29, 1.82) is 0 Å². The summed E-state index contributed by atoms with van der Waals surface area (Å²) in [7, 11) is 2.19. The Balaban J connectivity index is 0. The molecule has 4 heteroatoms. The van der Waals surface area contributed by atoms with E-state index in [1.54, 1.807) is 0 Å². The molecule has 0 unspecified atom stereocenters. The van der Waals surface area contributed by atoms with Gasteiger partial charge in [-0.2, -0.15) is 6.42 Å². The molecule has 0 spiro atoms. The first-order chi connectivity index (χ1) is 10.9. The van der Waals surface area contributed by atoms with Crippen LogP contribution in [0, 0.1) is 6.92 Å². The Kier molecular flexibility index (Phi) is 16.3. The van der Waals surface area contributed by atoms with Crippen molar-refractivity contribution in [1.82, 2.24) is 14.7 Å². The molecule has 2 rings (SSSR count). The maximum absolute atomic E-state index is 4.03. The van der Waals surface area contributed by atoms with Gasteiger partial charge in [-0.3, -0.25) is 9.80 Å². The second-order valence-corrected chi connectivity index (χ2v) is 7.54. The minimum Gasteiger partial charge on any atom is -0.342 e. The van der Waals surface area contributed by atoms with Crippen LogP contribution in [-0.4, -0.2) is 72.6 Å². The number of piperidine rings is 1. The van der Waals surface area contributed by atoms with E-state index in [2.05, 4.69) is 56.4 Å². The normalized spacial score (nSPS) is 20.4. The molecule has 0 N–H and O–H groups in total. The minimum atomic E-state index is 0. The minimum absolute atomic E-state index is 0. The van der Waals surface area contributed by atoms with Crippen molar-refractivity contribution in [3.05, 3.63) is 6.92 Å².